The predicted molar refractivity (Wildman–Crippen MR) is 79.6 cm³/mol. The second kappa shape index (κ2) is 6.63. The summed E-state index contributed by atoms with van der Waals surface area (Å²) >= 11 is 5.82. The van der Waals surface area contributed by atoms with Gasteiger partial charge in [0.2, 0.25) is 0 Å². The van der Waals surface area contributed by atoms with Gasteiger partial charge >= 0.3 is 0 Å². The van der Waals surface area contributed by atoms with Crippen LogP contribution in [-0.2, 0) is 6.61 Å². The number of carbonyl (C=O) groups excluding carboxylic acids is 1. The number of aromatic nitrogens is 1. The van der Waals surface area contributed by atoms with Crippen molar-refractivity contribution in [2.24, 2.45) is 0 Å². The standard InChI is InChI=1S/C15H17ClN2O3/c1-9(2)17-15(19)14-13(10(3)21-18-14)8-20-12-6-4-11(16)5-7-12/h4-7,9H,8H2,1-3H3,(H,17,19). The summed E-state index contributed by atoms with van der Waals surface area (Å²) in [5.74, 6) is 0.963. The molecule has 1 aromatic heterocycles. The smallest absolute Gasteiger partial charge is 0.274 e. The molecule has 0 unspecified atom stereocenters. The maximum atomic E-state index is 12.0. The number of carbonyl (C=O) groups is 1. The number of hydrogen-bond donors (Lipinski definition) is 1. The Kier molecular flexibility index (Phi) is 4.85. The van der Waals surface area contributed by atoms with E-state index in [1.54, 1.807) is 31.2 Å². The molecule has 5 nitrogen and oxygen atoms in total. The lowest BCUT2D eigenvalue weighted by Gasteiger charge is -2.09. The molecular formula is C15H17ClN2O3. The van der Waals surface area contributed by atoms with Crippen LogP contribution in [0.5, 0.6) is 5.75 Å². The van der Waals surface area contributed by atoms with Crippen LogP contribution < -0.4 is 10.1 Å². The molecule has 1 N–H and O–H groups in total. The monoisotopic (exact) mass is 308 g/mol. The van der Waals surface area contributed by atoms with Crippen LogP contribution >= 0.6 is 11.6 Å². The average molecular weight is 309 g/mol. The van der Waals surface area contributed by atoms with Crippen molar-refractivity contribution in [1.29, 1.82) is 0 Å². The molecule has 0 atom stereocenters. The molecule has 0 aliphatic heterocycles. The fourth-order valence-electron chi connectivity index (χ4n) is 1.76. The number of hydrogen-bond acceptors (Lipinski definition) is 4. The van der Waals surface area contributed by atoms with E-state index in [0.29, 0.717) is 22.1 Å². The minimum Gasteiger partial charge on any atom is -0.489 e. The first-order valence-corrected chi connectivity index (χ1v) is 6.99. The topological polar surface area (TPSA) is 64.4 Å². The Morgan fingerprint density at radius 2 is 2.05 bits per heavy atom. The molecule has 0 aliphatic carbocycles. The fraction of sp³-hybridized carbons (Fsp3) is 0.333. The first-order valence-electron chi connectivity index (χ1n) is 6.61. The van der Waals surface area contributed by atoms with E-state index in [0.717, 1.165) is 0 Å². The number of rotatable bonds is 5. The van der Waals surface area contributed by atoms with Gasteiger partial charge in [0.1, 0.15) is 18.1 Å². The highest BCUT2D eigenvalue weighted by atomic mass is 35.5. The highest BCUT2D eigenvalue weighted by molar-refractivity contribution is 6.30. The van der Waals surface area contributed by atoms with Crippen molar-refractivity contribution < 1.29 is 14.1 Å². The summed E-state index contributed by atoms with van der Waals surface area (Å²) in [6, 6.07) is 7.03. The van der Waals surface area contributed by atoms with Gasteiger partial charge in [0.25, 0.3) is 5.91 Å². The number of benzene rings is 1. The number of aryl methyl sites for hydroxylation is 1. The van der Waals surface area contributed by atoms with Crippen LogP contribution in [0.15, 0.2) is 28.8 Å². The Labute approximate surface area is 128 Å². The molecule has 1 heterocycles. The molecule has 2 aromatic rings. The molecule has 2 rings (SSSR count). The van der Waals surface area contributed by atoms with E-state index in [1.807, 2.05) is 13.8 Å². The normalized spacial score (nSPS) is 10.7. The lowest BCUT2D eigenvalue weighted by Crippen LogP contribution is -2.31. The number of ether oxygens (including phenoxy) is 1. The van der Waals surface area contributed by atoms with Gasteiger partial charge in [-0.05, 0) is 45.0 Å². The molecule has 0 aliphatic rings. The van der Waals surface area contributed by atoms with Gasteiger partial charge in [-0.2, -0.15) is 0 Å². The summed E-state index contributed by atoms with van der Waals surface area (Å²) in [4.78, 5) is 12.0. The summed E-state index contributed by atoms with van der Waals surface area (Å²) in [6.45, 7) is 5.72. The van der Waals surface area contributed by atoms with Crippen LogP contribution in [0.25, 0.3) is 0 Å². The van der Waals surface area contributed by atoms with Crippen LogP contribution in [0.4, 0.5) is 0 Å². The Bertz CT molecular complexity index is 620. The highest BCUT2D eigenvalue weighted by Crippen LogP contribution is 2.19. The third-order valence-corrected chi connectivity index (χ3v) is 3.07. The van der Waals surface area contributed by atoms with Crippen molar-refractivity contribution >= 4 is 17.5 Å². The predicted octanol–water partition coefficient (Wildman–Crippen LogP) is 3.35. The molecule has 1 aromatic carbocycles. The SMILES string of the molecule is Cc1onc(C(=O)NC(C)C)c1COc1ccc(Cl)cc1. The molecule has 0 fully saturated rings. The summed E-state index contributed by atoms with van der Waals surface area (Å²) in [5, 5.41) is 7.23. The summed E-state index contributed by atoms with van der Waals surface area (Å²) in [5.41, 5.74) is 0.901. The van der Waals surface area contributed by atoms with E-state index >= 15 is 0 Å². The molecule has 21 heavy (non-hydrogen) atoms. The van der Waals surface area contributed by atoms with Gasteiger partial charge in [-0.25, -0.2) is 0 Å². The third-order valence-electron chi connectivity index (χ3n) is 2.82. The van der Waals surface area contributed by atoms with E-state index in [9.17, 15) is 4.79 Å². The van der Waals surface area contributed by atoms with E-state index in [1.165, 1.54) is 0 Å². The Hall–Kier alpha value is -2.01. The van der Waals surface area contributed by atoms with E-state index in [2.05, 4.69) is 10.5 Å². The van der Waals surface area contributed by atoms with E-state index in [-0.39, 0.29) is 24.2 Å². The van der Waals surface area contributed by atoms with Crippen molar-refractivity contribution in [2.45, 2.75) is 33.4 Å². The van der Waals surface area contributed by atoms with Gasteiger partial charge in [0, 0.05) is 11.1 Å². The molecule has 0 radical (unpaired) electrons. The minimum absolute atomic E-state index is 0.0274. The van der Waals surface area contributed by atoms with Crippen LogP contribution in [0.2, 0.25) is 5.02 Å². The van der Waals surface area contributed by atoms with Crippen LogP contribution in [0, 0.1) is 6.92 Å². The molecule has 0 saturated heterocycles. The van der Waals surface area contributed by atoms with E-state index in [4.69, 9.17) is 20.9 Å². The van der Waals surface area contributed by atoms with Gasteiger partial charge in [-0.15, -0.1) is 0 Å². The Morgan fingerprint density at radius 3 is 2.67 bits per heavy atom. The number of amides is 1. The Morgan fingerprint density at radius 1 is 1.38 bits per heavy atom. The zero-order valence-electron chi connectivity index (χ0n) is 12.1. The summed E-state index contributed by atoms with van der Waals surface area (Å²) < 4.78 is 10.7. The zero-order chi connectivity index (χ0) is 15.4. The lowest BCUT2D eigenvalue weighted by molar-refractivity contribution is 0.0932. The molecule has 1 amide bonds. The number of nitrogens with zero attached hydrogens (tertiary/aromatic N) is 1. The van der Waals surface area contributed by atoms with Crippen molar-refractivity contribution in [3.8, 4) is 5.75 Å². The molecule has 0 saturated carbocycles. The number of nitrogens with one attached hydrogen (secondary N) is 1. The second-order valence-corrected chi connectivity index (χ2v) is 5.37. The zero-order valence-corrected chi connectivity index (χ0v) is 12.9. The second-order valence-electron chi connectivity index (χ2n) is 4.94. The van der Waals surface area contributed by atoms with Gasteiger partial charge in [0.15, 0.2) is 5.69 Å². The summed E-state index contributed by atoms with van der Waals surface area (Å²) in [7, 11) is 0. The van der Waals surface area contributed by atoms with Crippen LogP contribution in [-0.4, -0.2) is 17.1 Å². The third kappa shape index (κ3) is 3.98. The Balaban J connectivity index is 2.11. The lowest BCUT2D eigenvalue weighted by atomic mass is 10.2. The molecule has 0 spiro atoms. The van der Waals surface area contributed by atoms with Crippen LogP contribution in [0.1, 0.15) is 35.7 Å². The van der Waals surface area contributed by atoms with Crippen LogP contribution in [0.3, 0.4) is 0 Å². The van der Waals surface area contributed by atoms with Crippen molar-refractivity contribution in [3.63, 3.8) is 0 Å². The molecule has 6 heteroatoms. The molecule has 112 valence electrons. The van der Waals surface area contributed by atoms with E-state index < -0.39 is 0 Å². The maximum absolute atomic E-state index is 12.0. The molecular weight excluding hydrogens is 292 g/mol. The quantitative estimate of drug-likeness (QED) is 0.920. The van der Waals surface area contributed by atoms with Gasteiger partial charge < -0.3 is 14.6 Å². The fourth-order valence-corrected chi connectivity index (χ4v) is 1.88. The van der Waals surface area contributed by atoms with Crippen molar-refractivity contribution in [2.75, 3.05) is 0 Å². The maximum Gasteiger partial charge on any atom is 0.274 e. The minimum atomic E-state index is -0.267. The number of halogens is 1. The van der Waals surface area contributed by atoms with Gasteiger partial charge in [0.05, 0.1) is 5.56 Å². The first kappa shape index (κ1) is 15.4. The van der Waals surface area contributed by atoms with Crippen molar-refractivity contribution in [1.82, 2.24) is 10.5 Å². The first-order chi connectivity index (χ1) is 9.97. The highest BCUT2D eigenvalue weighted by Gasteiger charge is 2.20. The van der Waals surface area contributed by atoms with Crippen molar-refractivity contribution in [3.05, 3.63) is 46.3 Å². The average Bonchev–Trinajstić information content (AvgIpc) is 2.79. The van der Waals surface area contributed by atoms with Gasteiger partial charge in [-0.3, -0.25) is 4.79 Å². The molecule has 0 bridgehead atoms. The summed E-state index contributed by atoms with van der Waals surface area (Å²) in [6.07, 6.45) is 0. The van der Waals surface area contributed by atoms with Gasteiger partial charge in [-0.1, -0.05) is 16.8 Å². The largest absolute Gasteiger partial charge is 0.489 e.